The zero-order chi connectivity index (χ0) is 15.7. The van der Waals surface area contributed by atoms with E-state index >= 15 is 0 Å². The third-order valence-corrected chi connectivity index (χ3v) is 3.86. The van der Waals surface area contributed by atoms with Gasteiger partial charge < -0.3 is 9.47 Å². The molecule has 2 rings (SSSR count). The van der Waals surface area contributed by atoms with E-state index in [0.29, 0.717) is 5.56 Å². The predicted molar refractivity (Wildman–Crippen MR) is 89.2 cm³/mol. The van der Waals surface area contributed by atoms with Crippen LogP contribution in [-0.4, -0.2) is 29.8 Å². The fraction of sp³-hybridized carbons (Fsp3) is 0.353. The van der Waals surface area contributed by atoms with Gasteiger partial charge in [-0.15, -0.1) is 11.6 Å². The number of ketones is 1. The number of anilines is 1. The van der Waals surface area contributed by atoms with Gasteiger partial charge in [0, 0.05) is 42.4 Å². The second-order valence-electron chi connectivity index (χ2n) is 5.51. The van der Waals surface area contributed by atoms with Crippen molar-refractivity contribution in [1.82, 2.24) is 4.57 Å². The van der Waals surface area contributed by atoms with Crippen LogP contribution in [0, 0.1) is 13.8 Å². The molecule has 4 heteroatoms. The molecule has 0 spiro atoms. The summed E-state index contributed by atoms with van der Waals surface area (Å²) < 4.78 is 2.10. The summed E-state index contributed by atoms with van der Waals surface area (Å²) in [5, 5.41) is -0.507. The van der Waals surface area contributed by atoms with E-state index in [2.05, 4.69) is 21.6 Å². The molecule has 1 heterocycles. The molecule has 1 aromatic carbocycles. The Bertz CT molecular complexity index is 671. The fourth-order valence-corrected chi connectivity index (χ4v) is 2.65. The lowest BCUT2D eigenvalue weighted by Gasteiger charge is -2.16. The maximum Gasteiger partial charge on any atom is 0.182 e. The number of Topliss-reactive ketones (excluding diaryl/α,β-unsaturated/α-hetero) is 1. The van der Waals surface area contributed by atoms with Crippen LogP contribution in [0.3, 0.4) is 0 Å². The Hall–Kier alpha value is -1.74. The minimum atomic E-state index is -0.507. The summed E-state index contributed by atoms with van der Waals surface area (Å²) in [7, 11) is 4.03. The summed E-state index contributed by atoms with van der Waals surface area (Å²) >= 11 is 5.94. The van der Waals surface area contributed by atoms with Crippen LogP contribution in [0.15, 0.2) is 30.3 Å². The lowest BCUT2D eigenvalue weighted by atomic mass is 10.1. The van der Waals surface area contributed by atoms with Gasteiger partial charge in [-0.05, 0) is 45.0 Å². The SMILES string of the molecule is Cc1cc(C(=O)C(C)Cl)c(C)n1-c1cccc(N(C)C)c1. The average Bonchev–Trinajstić information content (AvgIpc) is 2.73. The number of nitrogens with zero attached hydrogens (tertiary/aromatic N) is 2. The molecule has 0 aliphatic rings. The van der Waals surface area contributed by atoms with Crippen molar-refractivity contribution in [2.24, 2.45) is 0 Å². The number of halogens is 1. The first-order chi connectivity index (χ1) is 9.82. The summed E-state index contributed by atoms with van der Waals surface area (Å²) in [5.41, 5.74) is 4.84. The highest BCUT2D eigenvalue weighted by Gasteiger charge is 2.20. The van der Waals surface area contributed by atoms with Gasteiger partial charge in [0.25, 0.3) is 0 Å². The lowest BCUT2D eigenvalue weighted by Crippen LogP contribution is -2.12. The van der Waals surface area contributed by atoms with Crippen molar-refractivity contribution in [1.29, 1.82) is 0 Å². The van der Waals surface area contributed by atoms with Crippen LogP contribution in [-0.2, 0) is 0 Å². The number of carbonyl (C=O) groups excluding carboxylic acids is 1. The first-order valence-electron chi connectivity index (χ1n) is 6.98. The number of carbonyl (C=O) groups is 1. The minimum absolute atomic E-state index is 0.0280. The molecule has 0 fully saturated rings. The topological polar surface area (TPSA) is 25.2 Å². The smallest absolute Gasteiger partial charge is 0.182 e. The Morgan fingerprint density at radius 1 is 1.24 bits per heavy atom. The van der Waals surface area contributed by atoms with Gasteiger partial charge in [-0.25, -0.2) is 0 Å². The van der Waals surface area contributed by atoms with E-state index in [1.165, 1.54) is 0 Å². The molecule has 112 valence electrons. The standard InChI is InChI=1S/C17H21ClN2O/c1-11-9-16(17(21)12(2)18)13(3)20(11)15-8-6-7-14(10-15)19(4)5/h6-10,12H,1-5H3. The lowest BCUT2D eigenvalue weighted by molar-refractivity contribution is 0.0991. The van der Waals surface area contributed by atoms with E-state index in [4.69, 9.17) is 11.6 Å². The van der Waals surface area contributed by atoms with Gasteiger partial charge in [0.05, 0.1) is 5.38 Å². The summed E-state index contributed by atoms with van der Waals surface area (Å²) in [4.78, 5) is 14.2. The van der Waals surface area contributed by atoms with E-state index in [9.17, 15) is 4.79 Å². The quantitative estimate of drug-likeness (QED) is 0.631. The van der Waals surface area contributed by atoms with Gasteiger partial charge in [-0.3, -0.25) is 4.79 Å². The second kappa shape index (κ2) is 5.94. The number of hydrogen-bond acceptors (Lipinski definition) is 2. The van der Waals surface area contributed by atoms with Gasteiger partial charge >= 0.3 is 0 Å². The van der Waals surface area contributed by atoms with Gasteiger partial charge in [0.1, 0.15) is 0 Å². The summed E-state index contributed by atoms with van der Waals surface area (Å²) in [6.07, 6.45) is 0. The normalized spacial score (nSPS) is 12.3. The minimum Gasteiger partial charge on any atom is -0.378 e. The van der Waals surface area contributed by atoms with Crippen molar-refractivity contribution in [2.75, 3.05) is 19.0 Å². The largest absolute Gasteiger partial charge is 0.378 e. The van der Waals surface area contributed by atoms with Crippen molar-refractivity contribution in [3.63, 3.8) is 0 Å². The van der Waals surface area contributed by atoms with Crippen LogP contribution in [0.25, 0.3) is 5.69 Å². The zero-order valence-corrected chi connectivity index (χ0v) is 13.9. The third kappa shape index (κ3) is 2.98. The van der Waals surface area contributed by atoms with E-state index < -0.39 is 5.38 Å². The molecule has 2 aromatic rings. The van der Waals surface area contributed by atoms with Gasteiger partial charge in [0.15, 0.2) is 5.78 Å². The van der Waals surface area contributed by atoms with E-state index in [1.54, 1.807) is 6.92 Å². The Balaban J connectivity index is 2.55. The highest BCUT2D eigenvalue weighted by atomic mass is 35.5. The highest BCUT2D eigenvalue weighted by molar-refractivity contribution is 6.33. The number of rotatable bonds is 4. The Morgan fingerprint density at radius 2 is 1.90 bits per heavy atom. The van der Waals surface area contributed by atoms with Gasteiger partial charge in [-0.1, -0.05) is 6.07 Å². The molecule has 1 atom stereocenters. The fourth-order valence-electron chi connectivity index (χ4n) is 2.53. The number of hydrogen-bond donors (Lipinski definition) is 0. The molecule has 0 saturated heterocycles. The molecule has 0 bridgehead atoms. The summed E-state index contributed by atoms with van der Waals surface area (Å²) in [6.45, 7) is 5.68. The number of benzene rings is 1. The first kappa shape index (κ1) is 15.6. The molecule has 0 saturated carbocycles. The van der Waals surface area contributed by atoms with Gasteiger partial charge in [-0.2, -0.15) is 0 Å². The molecular formula is C17H21ClN2O. The number of alkyl halides is 1. The average molecular weight is 305 g/mol. The second-order valence-corrected chi connectivity index (χ2v) is 6.17. The van der Waals surface area contributed by atoms with Crippen LogP contribution < -0.4 is 4.90 Å². The summed E-state index contributed by atoms with van der Waals surface area (Å²) in [6, 6.07) is 10.2. The predicted octanol–water partition coefficient (Wildman–Crippen LogP) is 3.97. The van der Waals surface area contributed by atoms with E-state index in [0.717, 1.165) is 22.8 Å². The van der Waals surface area contributed by atoms with Crippen molar-refractivity contribution in [3.05, 3.63) is 47.3 Å². The molecular weight excluding hydrogens is 284 g/mol. The molecule has 21 heavy (non-hydrogen) atoms. The maximum atomic E-state index is 12.2. The van der Waals surface area contributed by atoms with Crippen LogP contribution in [0.4, 0.5) is 5.69 Å². The molecule has 1 unspecified atom stereocenters. The molecule has 1 aromatic heterocycles. The van der Waals surface area contributed by atoms with Crippen LogP contribution in [0.5, 0.6) is 0 Å². The van der Waals surface area contributed by atoms with Crippen molar-refractivity contribution in [2.45, 2.75) is 26.1 Å². The molecule has 0 aliphatic carbocycles. The maximum absolute atomic E-state index is 12.2. The summed E-state index contributed by atoms with van der Waals surface area (Å²) in [5.74, 6) is -0.0280. The first-order valence-corrected chi connectivity index (χ1v) is 7.41. The molecule has 0 amide bonds. The number of aromatic nitrogens is 1. The van der Waals surface area contributed by atoms with Crippen LogP contribution in [0.2, 0.25) is 0 Å². The van der Waals surface area contributed by atoms with E-state index in [1.807, 2.05) is 46.1 Å². The molecule has 0 N–H and O–H groups in total. The van der Waals surface area contributed by atoms with Crippen LogP contribution >= 0.6 is 11.6 Å². The molecule has 0 aliphatic heterocycles. The third-order valence-electron chi connectivity index (χ3n) is 3.66. The Kier molecular flexibility index (Phi) is 4.43. The Morgan fingerprint density at radius 3 is 2.48 bits per heavy atom. The zero-order valence-electron chi connectivity index (χ0n) is 13.1. The number of aryl methyl sites for hydroxylation is 1. The molecule has 0 radical (unpaired) electrons. The Labute approximate surface area is 131 Å². The molecule has 3 nitrogen and oxygen atoms in total. The monoisotopic (exact) mass is 304 g/mol. The van der Waals surface area contributed by atoms with Crippen molar-refractivity contribution in [3.8, 4) is 5.69 Å². The van der Waals surface area contributed by atoms with Crippen molar-refractivity contribution >= 4 is 23.1 Å². The highest BCUT2D eigenvalue weighted by Crippen LogP contribution is 2.25. The van der Waals surface area contributed by atoms with Crippen LogP contribution in [0.1, 0.15) is 28.7 Å². The van der Waals surface area contributed by atoms with E-state index in [-0.39, 0.29) is 5.78 Å². The van der Waals surface area contributed by atoms with Gasteiger partial charge in [0.2, 0.25) is 0 Å². The van der Waals surface area contributed by atoms with Crippen molar-refractivity contribution < 1.29 is 4.79 Å².